The van der Waals surface area contributed by atoms with Crippen LogP contribution in [-0.2, 0) is 6.54 Å². The summed E-state index contributed by atoms with van der Waals surface area (Å²) in [5.41, 5.74) is 0.0751. The minimum Gasteiger partial charge on any atom is -0.320 e. The van der Waals surface area contributed by atoms with E-state index < -0.39 is 0 Å². The van der Waals surface area contributed by atoms with Gasteiger partial charge in [-0.05, 0) is 39.7 Å². The van der Waals surface area contributed by atoms with E-state index in [0.29, 0.717) is 0 Å². The largest absolute Gasteiger partial charge is 0.320 e. The van der Waals surface area contributed by atoms with Gasteiger partial charge >= 0.3 is 0 Å². The third-order valence-electron chi connectivity index (χ3n) is 2.59. The molecule has 0 bridgehead atoms. The SMILES string of the molecule is CNCCCN(C)CCn1ccccc1=O. The van der Waals surface area contributed by atoms with Gasteiger partial charge in [0, 0.05) is 25.4 Å². The molecule has 0 aromatic carbocycles. The molecule has 1 aromatic heterocycles. The van der Waals surface area contributed by atoms with Crippen LogP contribution in [0.15, 0.2) is 29.2 Å². The lowest BCUT2D eigenvalue weighted by Crippen LogP contribution is -2.29. The van der Waals surface area contributed by atoms with Gasteiger partial charge in [-0.2, -0.15) is 0 Å². The Labute approximate surface area is 96.9 Å². The van der Waals surface area contributed by atoms with Crippen LogP contribution in [0.25, 0.3) is 0 Å². The molecule has 4 nitrogen and oxygen atoms in total. The van der Waals surface area contributed by atoms with E-state index in [1.807, 2.05) is 19.3 Å². The fourth-order valence-electron chi connectivity index (χ4n) is 1.56. The molecule has 0 aliphatic heterocycles. The second kappa shape index (κ2) is 7.19. The van der Waals surface area contributed by atoms with Gasteiger partial charge in [0.15, 0.2) is 0 Å². The van der Waals surface area contributed by atoms with Gasteiger partial charge in [0.2, 0.25) is 0 Å². The Morgan fingerprint density at radius 2 is 2.19 bits per heavy atom. The molecule has 0 spiro atoms. The van der Waals surface area contributed by atoms with Crippen LogP contribution in [0.4, 0.5) is 0 Å². The summed E-state index contributed by atoms with van der Waals surface area (Å²) >= 11 is 0. The van der Waals surface area contributed by atoms with Crippen molar-refractivity contribution in [3.8, 4) is 0 Å². The lowest BCUT2D eigenvalue weighted by molar-refractivity contribution is 0.312. The van der Waals surface area contributed by atoms with E-state index in [4.69, 9.17) is 0 Å². The molecule has 0 saturated carbocycles. The zero-order valence-corrected chi connectivity index (χ0v) is 10.1. The standard InChI is InChI=1S/C12H21N3O/c1-13-7-5-8-14(2)10-11-15-9-4-3-6-12(15)16/h3-4,6,9,13H,5,7-8,10-11H2,1-2H3. The predicted octanol–water partition coefficient (Wildman–Crippen LogP) is 0.390. The third kappa shape index (κ3) is 4.59. The molecule has 16 heavy (non-hydrogen) atoms. The Morgan fingerprint density at radius 1 is 1.38 bits per heavy atom. The van der Waals surface area contributed by atoms with Crippen LogP contribution in [0.5, 0.6) is 0 Å². The van der Waals surface area contributed by atoms with Crippen molar-refractivity contribution in [2.45, 2.75) is 13.0 Å². The van der Waals surface area contributed by atoms with Gasteiger partial charge < -0.3 is 14.8 Å². The topological polar surface area (TPSA) is 37.3 Å². The Hall–Kier alpha value is -1.13. The molecule has 1 N–H and O–H groups in total. The molecule has 1 rings (SSSR count). The van der Waals surface area contributed by atoms with E-state index in [-0.39, 0.29) is 5.56 Å². The van der Waals surface area contributed by atoms with E-state index in [1.165, 1.54) is 0 Å². The first-order valence-electron chi connectivity index (χ1n) is 5.72. The van der Waals surface area contributed by atoms with Crippen LogP contribution in [0.1, 0.15) is 6.42 Å². The summed E-state index contributed by atoms with van der Waals surface area (Å²) in [6, 6.07) is 5.26. The normalized spacial score (nSPS) is 10.9. The Morgan fingerprint density at radius 3 is 2.88 bits per heavy atom. The third-order valence-corrected chi connectivity index (χ3v) is 2.59. The highest BCUT2D eigenvalue weighted by Crippen LogP contribution is 1.89. The zero-order chi connectivity index (χ0) is 11.8. The van der Waals surface area contributed by atoms with Gasteiger partial charge in [0.05, 0.1) is 0 Å². The minimum absolute atomic E-state index is 0.0751. The number of rotatable bonds is 7. The molecule has 0 amide bonds. The molecule has 0 atom stereocenters. The molecule has 90 valence electrons. The minimum atomic E-state index is 0.0751. The number of nitrogens with one attached hydrogen (secondary N) is 1. The first kappa shape index (κ1) is 12.9. The second-order valence-corrected chi connectivity index (χ2v) is 3.99. The summed E-state index contributed by atoms with van der Waals surface area (Å²) in [4.78, 5) is 13.7. The number of likely N-dealkylation sites (N-methyl/N-ethyl adjacent to an activating group) is 1. The molecular weight excluding hydrogens is 202 g/mol. The summed E-state index contributed by atoms with van der Waals surface area (Å²) in [5, 5.41) is 3.12. The molecule has 1 aromatic rings. The van der Waals surface area contributed by atoms with Crippen molar-refractivity contribution in [2.75, 3.05) is 33.7 Å². The Balaban J connectivity index is 2.29. The highest BCUT2D eigenvalue weighted by Gasteiger charge is 1.99. The van der Waals surface area contributed by atoms with Gasteiger partial charge in [-0.3, -0.25) is 4.79 Å². The number of nitrogens with zero attached hydrogens (tertiary/aromatic N) is 2. The van der Waals surface area contributed by atoms with E-state index in [9.17, 15) is 4.79 Å². The van der Waals surface area contributed by atoms with Crippen molar-refractivity contribution in [1.29, 1.82) is 0 Å². The number of hydrogen-bond acceptors (Lipinski definition) is 3. The molecule has 0 aliphatic rings. The highest BCUT2D eigenvalue weighted by atomic mass is 16.1. The van der Waals surface area contributed by atoms with Gasteiger partial charge in [0.1, 0.15) is 0 Å². The molecule has 0 saturated heterocycles. The summed E-state index contributed by atoms with van der Waals surface area (Å²) in [5.74, 6) is 0. The van der Waals surface area contributed by atoms with Crippen molar-refractivity contribution in [3.05, 3.63) is 34.7 Å². The Bertz CT molecular complexity index is 348. The molecule has 0 fully saturated rings. The molecule has 0 unspecified atom stereocenters. The first-order chi connectivity index (χ1) is 7.74. The molecular formula is C12H21N3O. The number of hydrogen-bond donors (Lipinski definition) is 1. The Kier molecular flexibility index (Phi) is 5.82. The second-order valence-electron chi connectivity index (χ2n) is 3.99. The maximum Gasteiger partial charge on any atom is 0.250 e. The van der Waals surface area contributed by atoms with Crippen LogP contribution < -0.4 is 10.9 Å². The summed E-state index contributed by atoms with van der Waals surface area (Å²) < 4.78 is 1.74. The van der Waals surface area contributed by atoms with Crippen molar-refractivity contribution in [3.63, 3.8) is 0 Å². The monoisotopic (exact) mass is 223 g/mol. The van der Waals surface area contributed by atoms with Crippen molar-refractivity contribution in [1.82, 2.24) is 14.8 Å². The summed E-state index contributed by atoms with van der Waals surface area (Å²) in [7, 11) is 4.05. The molecule has 0 aliphatic carbocycles. The van der Waals surface area contributed by atoms with Crippen molar-refractivity contribution in [2.24, 2.45) is 0 Å². The number of aromatic nitrogens is 1. The fourth-order valence-corrected chi connectivity index (χ4v) is 1.56. The van der Waals surface area contributed by atoms with Gasteiger partial charge in [-0.15, -0.1) is 0 Å². The van der Waals surface area contributed by atoms with Crippen LogP contribution in [0.3, 0.4) is 0 Å². The highest BCUT2D eigenvalue weighted by molar-refractivity contribution is 4.93. The van der Waals surface area contributed by atoms with Crippen LogP contribution in [0, 0.1) is 0 Å². The van der Waals surface area contributed by atoms with E-state index in [2.05, 4.69) is 17.3 Å². The van der Waals surface area contributed by atoms with Crippen LogP contribution in [0.2, 0.25) is 0 Å². The molecule has 4 heteroatoms. The lowest BCUT2D eigenvalue weighted by atomic mass is 10.4. The van der Waals surface area contributed by atoms with Gasteiger partial charge in [-0.25, -0.2) is 0 Å². The average Bonchev–Trinajstić information content (AvgIpc) is 2.28. The van der Waals surface area contributed by atoms with E-state index in [1.54, 1.807) is 16.7 Å². The average molecular weight is 223 g/mol. The lowest BCUT2D eigenvalue weighted by Gasteiger charge is -2.16. The maximum absolute atomic E-state index is 11.4. The smallest absolute Gasteiger partial charge is 0.250 e. The van der Waals surface area contributed by atoms with Crippen molar-refractivity contribution < 1.29 is 0 Å². The summed E-state index contributed by atoms with van der Waals surface area (Å²) in [6.45, 7) is 3.77. The molecule has 0 radical (unpaired) electrons. The van der Waals surface area contributed by atoms with Crippen LogP contribution in [-0.4, -0.2) is 43.2 Å². The fraction of sp³-hybridized carbons (Fsp3) is 0.583. The zero-order valence-electron chi connectivity index (χ0n) is 10.1. The first-order valence-corrected chi connectivity index (χ1v) is 5.72. The summed E-state index contributed by atoms with van der Waals surface area (Å²) in [6.07, 6.45) is 2.97. The predicted molar refractivity (Wildman–Crippen MR) is 66.7 cm³/mol. The van der Waals surface area contributed by atoms with Crippen LogP contribution >= 0.6 is 0 Å². The number of pyridine rings is 1. The molecule has 1 heterocycles. The quantitative estimate of drug-likeness (QED) is 0.679. The van der Waals surface area contributed by atoms with Gasteiger partial charge in [-0.1, -0.05) is 6.07 Å². The van der Waals surface area contributed by atoms with E-state index in [0.717, 1.165) is 32.6 Å². The van der Waals surface area contributed by atoms with E-state index >= 15 is 0 Å². The van der Waals surface area contributed by atoms with Gasteiger partial charge in [0.25, 0.3) is 5.56 Å². The van der Waals surface area contributed by atoms with Crippen molar-refractivity contribution >= 4 is 0 Å². The maximum atomic E-state index is 11.4.